The Morgan fingerprint density at radius 1 is 0.821 bits per heavy atom. The van der Waals surface area contributed by atoms with Crippen molar-refractivity contribution in [3.05, 3.63) is 107 Å². The Labute approximate surface area is 169 Å². The maximum absolute atomic E-state index is 12.7. The van der Waals surface area contributed by atoms with E-state index in [4.69, 9.17) is 16.3 Å². The summed E-state index contributed by atoms with van der Waals surface area (Å²) in [5.74, 6) is 0.446. The standard InChI is InChI=1S/C24H19ClO3/c1-28-22-13-9-19(10-14-22)24(27)16-20(17-5-3-2-4-6-17)15-23(26)18-7-11-21(25)12-8-18/h2-14,16H,15H2,1H3/b20-16-. The Morgan fingerprint density at radius 3 is 2.04 bits per heavy atom. The number of hydrogen-bond donors (Lipinski definition) is 0. The van der Waals surface area contributed by atoms with Crippen molar-refractivity contribution >= 4 is 28.7 Å². The molecule has 0 aliphatic rings. The van der Waals surface area contributed by atoms with Crippen molar-refractivity contribution in [3.8, 4) is 5.75 Å². The van der Waals surface area contributed by atoms with Crippen LogP contribution in [0.4, 0.5) is 0 Å². The highest BCUT2D eigenvalue weighted by Gasteiger charge is 2.13. The molecule has 0 bridgehead atoms. The topological polar surface area (TPSA) is 43.4 Å². The van der Waals surface area contributed by atoms with E-state index in [0.29, 0.717) is 27.5 Å². The Hall–Kier alpha value is -3.17. The lowest BCUT2D eigenvalue weighted by molar-refractivity contribution is 0.0998. The number of carbonyl (C=O) groups is 2. The third-order valence-corrected chi connectivity index (χ3v) is 4.59. The molecule has 140 valence electrons. The number of methoxy groups -OCH3 is 1. The first-order chi connectivity index (χ1) is 13.6. The van der Waals surface area contributed by atoms with E-state index in [9.17, 15) is 9.59 Å². The van der Waals surface area contributed by atoms with Crippen LogP contribution in [0, 0.1) is 0 Å². The van der Waals surface area contributed by atoms with Gasteiger partial charge in [0.05, 0.1) is 7.11 Å². The monoisotopic (exact) mass is 390 g/mol. The maximum Gasteiger partial charge on any atom is 0.186 e. The molecular weight excluding hydrogens is 372 g/mol. The summed E-state index contributed by atoms with van der Waals surface area (Å²) in [5, 5.41) is 0.574. The number of hydrogen-bond acceptors (Lipinski definition) is 3. The van der Waals surface area contributed by atoms with Crippen molar-refractivity contribution in [1.82, 2.24) is 0 Å². The fourth-order valence-corrected chi connectivity index (χ4v) is 2.92. The molecule has 0 saturated heterocycles. The average molecular weight is 391 g/mol. The highest BCUT2D eigenvalue weighted by atomic mass is 35.5. The van der Waals surface area contributed by atoms with Crippen LogP contribution in [0.3, 0.4) is 0 Å². The average Bonchev–Trinajstić information content (AvgIpc) is 2.74. The molecule has 0 aliphatic carbocycles. The molecule has 0 spiro atoms. The van der Waals surface area contributed by atoms with Crippen LogP contribution < -0.4 is 4.74 Å². The lowest BCUT2D eigenvalue weighted by Gasteiger charge is -2.08. The number of benzene rings is 3. The molecule has 0 heterocycles. The third kappa shape index (κ3) is 4.96. The Morgan fingerprint density at radius 2 is 1.43 bits per heavy atom. The van der Waals surface area contributed by atoms with Crippen LogP contribution in [0.2, 0.25) is 5.02 Å². The van der Waals surface area contributed by atoms with Crippen molar-refractivity contribution in [3.63, 3.8) is 0 Å². The predicted octanol–water partition coefficient (Wildman–Crippen LogP) is 5.89. The Balaban J connectivity index is 1.90. The molecule has 0 aliphatic heterocycles. The molecule has 0 amide bonds. The number of Topliss-reactive ketones (excluding diaryl/α,β-unsaturated/α-hetero) is 1. The SMILES string of the molecule is COc1ccc(C(=O)/C=C(/CC(=O)c2ccc(Cl)cc2)c2ccccc2)cc1. The molecular formula is C24H19ClO3. The minimum absolute atomic E-state index is 0.0747. The molecule has 0 N–H and O–H groups in total. The van der Waals surface area contributed by atoms with E-state index in [0.717, 1.165) is 5.56 Å². The van der Waals surface area contributed by atoms with Crippen LogP contribution in [0.15, 0.2) is 84.9 Å². The van der Waals surface area contributed by atoms with Crippen molar-refractivity contribution in [2.24, 2.45) is 0 Å². The number of halogens is 1. The number of ketones is 2. The van der Waals surface area contributed by atoms with Crippen molar-refractivity contribution in [1.29, 1.82) is 0 Å². The van der Waals surface area contributed by atoms with Gasteiger partial charge in [0, 0.05) is 22.6 Å². The Kier molecular flexibility index (Phi) is 6.41. The zero-order valence-corrected chi connectivity index (χ0v) is 16.1. The molecule has 0 unspecified atom stereocenters. The van der Waals surface area contributed by atoms with E-state index in [2.05, 4.69) is 0 Å². The lowest BCUT2D eigenvalue weighted by atomic mass is 9.95. The van der Waals surface area contributed by atoms with Gasteiger partial charge in [0.25, 0.3) is 0 Å². The summed E-state index contributed by atoms with van der Waals surface area (Å²) in [4.78, 5) is 25.5. The number of ether oxygens (including phenoxy) is 1. The summed E-state index contributed by atoms with van der Waals surface area (Å²) in [6, 6.07) is 23.1. The molecule has 28 heavy (non-hydrogen) atoms. The van der Waals surface area contributed by atoms with E-state index in [1.54, 1.807) is 55.6 Å². The largest absolute Gasteiger partial charge is 0.497 e. The zero-order valence-electron chi connectivity index (χ0n) is 15.4. The Bertz CT molecular complexity index is 988. The number of carbonyl (C=O) groups excluding carboxylic acids is 2. The summed E-state index contributed by atoms with van der Waals surface area (Å²) in [6.07, 6.45) is 1.65. The first-order valence-corrected chi connectivity index (χ1v) is 9.18. The van der Waals surface area contributed by atoms with E-state index < -0.39 is 0 Å². The first-order valence-electron chi connectivity index (χ1n) is 8.80. The van der Waals surface area contributed by atoms with E-state index in [1.165, 1.54) is 6.08 Å². The third-order valence-electron chi connectivity index (χ3n) is 4.34. The minimum Gasteiger partial charge on any atom is -0.497 e. The van der Waals surface area contributed by atoms with E-state index in [1.807, 2.05) is 30.3 Å². The second kappa shape index (κ2) is 9.16. The van der Waals surface area contributed by atoms with Crippen LogP contribution in [0.1, 0.15) is 32.7 Å². The maximum atomic E-state index is 12.7. The van der Waals surface area contributed by atoms with Gasteiger partial charge in [0.1, 0.15) is 5.75 Å². The molecule has 3 nitrogen and oxygen atoms in total. The summed E-state index contributed by atoms with van der Waals surface area (Å²) >= 11 is 5.90. The van der Waals surface area contributed by atoms with Crippen LogP contribution in [-0.4, -0.2) is 18.7 Å². The summed E-state index contributed by atoms with van der Waals surface area (Å²) in [7, 11) is 1.58. The van der Waals surface area contributed by atoms with E-state index in [-0.39, 0.29) is 18.0 Å². The molecule has 0 fully saturated rings. The quantitative estimate of drug-likeness (QED) is 0.373. The van der Waals surface area contributed by atoms with Gasteiger partial charge in [-0.3, -0.25) is 9.59 Å². The molecule has 3 rings (SSSR count). The molecule has 0 saturated carbocycles. The fraction of sp³-hybridized carbons (Fsp3) is 0.0833. The second-order valence-corrected chi connectivity index (χ2v) is 6.67. The summed E-state index contributed by atoms with van der Waals surface area (Å²) in [6.45, 7) is 0. The van der Waals surface area contributed by atoms with Gasteiger partial charge in [-0.25, -0.2) is 0 Å². The first kappa shape index (κ1) is 19.6. The molecule has 0 atom stereocenters. The second-order valence-electron chi connectivity index (χ2n) is 6.24. The smallest absolute Gasteiger partial charge is 0.186 e. The van der Waals surface area contributed by atoms with Gasteiger partial charge in [-0.15, -0.1) is 0 Å². The number of rotatable bonds is 7. The van der Waals surface area contributed by atoms with Crippen LogP contribution >= 0.6 is 11.6 Å². The van der Waals surface area contributed by atoms with Crippen LogP contribution in [-0.2, 0) is 0 Å². The molecule has 0 aromatic heterocycles. The molecule has 4 heteroatoms. The van der Waals surface area contributed by atoms with Gasteiger partial charge in [-0.1, -0.05) is 41.9 Å². The van der Waals surface area contributed by atoms with Crippen molar-refractivity contribution in [2.45, 2.75) is 6.42 Å². The molecule has 3 aromatic carbocycles. The van der Waals surface area contributed by atoms with Crippen molar-refractivity contribution in [2.75, 3.05) is 7.11 Å². The van der Waals surface area contributed by atoms with Gasteiger partial charge in [-0.2, -0.15) is 0 Å². The van der Waals surface area contributed by atoms with Crippen molar-refractivity contribution < 1.29 is 14.3 Å². The highest BCUT2D eigenvalue weighted by molar-refractivity contribution is 6.30. The van der Waals surface area contributed by atoms with Gasteiger partial charge >= 0.3 is 0 Å². The number of allylic oxidation sites excluding steroid dienone is 2. The predicted molar refractivity (Wildman–Crippen MR) is 112 cm³/mol. The summed E-state index contributed by atoms with van der Waals surface area (Å²) in [5.41, 5.74) is 2.60. The lowest BCUT2D eigenvalue weighted by Crippen LogP contribution is -2.03. The van der Waals surface area contributed by atoms with Gasteiger partial charge in [0.2, 0.25) is 0 Å². The molecule has 3 aromatic rings. The molecule has 0 radical (unpaired) electrons. The minimum atomic E-state index is -0.162. The van der Waals surface area contributed by atoms with Gasteiger partial charge < -0.3 is 4.74 Å². The normalized spacial score (nSPS) is 11.1. The summed E-state index contributed by atoms with van der Waals surface area (Å²) < 4.78 is 5.13. The zero-order chi connectivity index (χ0) is 19.9. The van der Waals surface area contributed by atoms with E-state index >= 15 is 0 Å². The van der Waals surface area contributed by atoms with Crippen LogP contribution in [0.5, 0.6) is 5.75 Å². The van der Waals surface area contributed by atoms with Gasteiger partial charge in [0.15, 0.2) is 11.6 Å². The fourth-order valence-electron chi connectivity index (χ4n) is 2.80. The van der Waals surface area contributed by atoms with Crippen LogP contribution in [0.25, 0.3) is 5.57 Å². The van der Waals surface area contributed by atoms with Gasteiger partial charge in [-0.05, 0) is 65.7 Å². The highest BCUT2D eigenvalue weighted by Crippen LogP contribution is 2.23.